The lowest BCUT2D eigenvalue weighted by atomic mass is 10.1. The number of carboxylic acid groups (broad SMARTS) is 1. The molecule has 0 aromatic heterocycles. The Morgan fingerprint density at radius 3 is 2.67 bits per heavy atom. The number of hydrogen-bond donors (Lipinski definition) is 3. The van der Waals surface area contributed by atoms with Crippen LogP contribution in [-0.4, -0.2) is 23.0 Å². The van der Waals surface area contributed by atoms with E-state index in [2.05, 4.69) is 21.2 Å². The van der Waals surface area contributed by atoms with Crippen molar-refractivity contribution in [2.75, 3.05) is 5.32 Å². The van der Waals surface area contributed by atoms with Crippen LogP contribution in [0.3, 0.4) is 0 Å². The van der Waals surface area contributed by atoms with Gasteiger partial charge in [-0.05, 0) is 47.5 Å². The summed E-state index contributed by atoms with van der Waals surface area (Å²) in [5.41, 5.74) is 6.39. The number of benzene rings is 1. The molecule has 1 rings (SSSR count). The zero-order valence-electron chi connectivity index (χ0n) is 9.94. The van der Waals surface area contributed by atoms with Crippen LogP contribution < -0.4 is 11.1 Å². The normalized spacial score (nSPS) is 11.9. The molecule has 1 amide bonds. The van der Waals surface area contributed by atoms with Crippen LogP contribution in [0.2, 0.25) is 0 Å². The van der Waals surface area contributed by atoms with Gasteiger partial charge in [0.05, 0.1) is 0 Å². The minimum atomic E-state index is -0.813. The van der Waals surface area contributed by atoms with Crippen LogP contribution in [0.1, 0.15) is 30.1 Å². The first-order chi connectivity index (χ1) is 8.40. The predicted molar refractivity (Wildman–Crippen MR) is 72.6 cm³/mol. The fourth-order valence-electron chi connectivity index (χ4n) is 1.46. The van der Waals surface area contributed by atoms with Crippen molar-refractivity contribution in [2.45, 2.75) is 25.8 Å². The number of amides is 1. The van der Waals surface area contributed by atoms with Crippen LogP contribution >= 0.6 is 15.9 Å². The Kier molecular flexibility index (Phi) is 5.15. The van der Waals surface area contributed by atoms with E-state index in [9.17, 15) is 9.59 Å². The monoisotopic (exact) mass is 314 g/mol. The van der Waals surface area contributed by atoms with Gasteiger partial charge in [0.15, 0.2) is 0 Å². The lowest BCUT2D eigenvalue weighted by Crippen LogP contribution is -2.17. The van der Waals surface area contributed by atoms with Crippen LogP contribution in [0.4, 0.5) is 5.69 Å². The van der Waals surface area contributed by atoms with Crippen molar-refractivity contribution >= 4 is 33.5 Å². The van der Waals surface area contributed by atoms with Gasteiger partial charge in [-0.1, -0.05) is 0 Å². The number of nitrogens with two attached hydrogens (primary N) is 1. The molecule has 98 valence electrons. The summed E-state index contributed by atoms with van der Waals surface area (Å²) in [5.74, 6) is -1.30. The van der Waals surface area contributed by atoms with Gasteiger partial charge < -0.3 is 16.2 Å². The number of nitrogens with one attached hydrogen (secondary N) is 1. The van der Waals surface area contributed by atoms with Gasteiger partial charge >= 0.3 is 5.97 Å². The molecule has 0 saturated heterocycles. The first-order valence-electron chi connectivity index (χ1n) is 5.48. The van der Waals surface area contributed by atoms with Gasteiger partial charge in [-0.25, -0.2) is 0 Å². The summed E-state index contributed by atoms with van der Waals surface area (Å²) in [6, 6.07) is 5.02. The van der Waals surface area contributed by atoms with E-state index in [1.54, 1.807) is 18.2 Å². The lowest BCUT2D eigenvalue weighted by Gasteiger charge is -2.15. The van der Waals surface area contributed by atoms with Crippen LogP contribution in [0, 0.1) is 0 Å². The van der Waals surface area contributed by atoms with Crippen molar-refractivity contribution in [1.82, 2.24) is 0 Å². The molecular weight excluding hydrogens is 300 g/mol. The third-order valence-electron chi connectivity index (χ3n) is 2.45. The van der Waals surface area contributed by atoms with Crippen molar-refractivity contribution in [1.29, 1.82) is 0 Å². The van der Waals surface area contributed by atoms with Crippen molar-refractivity contribution in [3.05, 3.63) is 28.2 Å². The van der Waals surface area contributed by atoms with E-state index in [0.29, 0.717) is 12.0 Å². The summed E-state index contributed by atoms with van der Waals surface area (Å²) >= 11 is 3.34. The van der Waals surface area contributed by atoms with Crippen molar-refractivity contribution < 1.29 is 14.7 Å². The predicted octanol–water partition coefficient (Wildman–Crippen LogP) is 2.21. The minimum absolute atomic E-state index is 0.0248. The maximum atomic E-state index is 11.0. The molecule has 1 unspecified atom stereocenters. The highest BCUT2D eigenvalue weighted by Gasteiger charge is 2.09. The first-order valence-corrected chi connectivity index (χ1v) is 6.27. The molecular formula is C12H15BrN2O3. The van der Waals surface area contributed by atoms with Crippen molar-refractivity contribution in [3.63, 3.8) is 0 Å². The molecule has 1 atom stereocenters. The molecule has 0 radical (unpaired) electrons. The Balaban J connectivity index is 2.67. The van der Waals surface area contributed by atoms with E-state index < -0.39 is 11.9 Å². The summed E-state index contributed by atoms with van der Waals surface area (Å²) in [5, 5.41) is 11.8. The van der Waals surface area contributed by atoms with Crippen LogP contribution in [0.5, 0.6) is 0 Å². The van der Waals surface area contributed by atoms with Gasteiger partial charge in [0, 0.05) is 28.2 Å². The van der Waals surface area contributed by atoms with Crippen molar-refractivity contribution in [2.24, 2.45) is 5.73 Å². The number of primary amides is 1. The van der Waals surface area contributed by atoms with E-state index in [4.69, 9.17) is 10.8 Å². The van der Waals surface area contributed by atoms with E-state index >= 15 is 0 Å². The molecule has 0 saturated carbocycles. The number of rotatable bonds is 6. The quantitative estimate of drug-likeness (QED) is 0.750. The Morgan fingerprint density at radius 1 is 1.50 bits per heavy atom. The SMILES string of the molecule is CC(CCC(=O)O)Nc1ccc(C(N)=O)cc1Br. The summed E-state index contributed by atoms with van der Waals surface area (Å²) in [7, 11) is 0. The van der Waals surface area contributed by atoms with Crippen LogP contribution in [-0.2, 0) is 4.79 Å². The second-order valence-electron chi connectivity index (χ2n) is 4.04. The number of hydrogen-bond acceptors (Lipinski definition) is 3. The molecule has 0 heterocycles. The molecule has 0 aliphatic rings. The minimum Gasteiger partial charge on any atom is -0.481 e. The number of aliphatic carboxylic acids is 1. The lowest BCUT2D eigenvalue weighted by molar-refractivity contribution is -0.137. The molecule has 6 heteroatoms. The van der Waals surface area contributed by atoms with Crippen molar-refractivity contribution in [3.8, 4) is 0 Å². The van der Waals surface area contributed by atoms with Crippen LogP contribution in [0.25, 0.3) is 0 Å². The zero-order valence-corrected chi connectivity index (χ0v) is 11.5. The highest BCUT2D eigenvalue weighted by molar-refractivity contribution is 9.10. The first kappa shape index (κ1) is 14.5. The number of carbonyl (C=O) groups excluding carboxylic acids is 1. The van der Waals surface area contributed by atoms with E-state index in [1.807, 2.05) is 6.92 Å². The van der Waals surface area contributed by atoms with Gasteiger partial charge in [0.2, 0.25) is 5.91 Å². The average molecular weight is 315 g/mol. The Hall–Kier alpha value is -1.56. The largest absolute Gasteiger partial charge is 0.481 e. The molecule has 0 aliphatic carbocycles. The average Bonchev–Trinajstić information content (AvgIpc) is 2.29. The summed E-state index contributed by atoms with van der Waals surface area (Å²) in [6.07, 6.45) is 0.643. The standard InChI is InChI=1S/C12H15BrN2O3/c1-7(2-5-11(16)17)15-10-4-3-8(12(14)18)6-9(10)13/h3-4,6-7,15H,2,5H2,1H3,(H2,14,18)(H,16,17). The maximum absolute atomic E-state index is 11.0. The number of carboxylic acids is 1. The second-order valence-corrected chi connectivity index (χ2v) is 4.89. The Labute approximate surface area is 113 Å². The third-order valence-corrected chi connectivity index (χ3v) is 3.10. The molecule has 1 aromatic rings. The Bertz CT molecular complexity index is 463. The summed E-state index contributed by atoms with van der Waals surface area (Å²) < 4.78 is 0.723. The van der Waals surface area contributed by atoms with Gasteiger partial charge in [0.1, 0.15) is 0 Å². The van der Waals surface area contributed by atoms with E-state index in [1.165, 1.54) is 0 Å². The third kappa shape index (κ3) is 4.37. The number of anilines is 1. The maximum Gasteiger partial charge on any atom is 0.303 e. The fourth-order valence-corrected chi connectivity index (χ4v) is 1.96. The van der Waals surface area contributed by atoms with Crippen LogP contribution in [0.15, 0.2) is 22.7 Å². The van der Waals surface area contributed by atoms with Gasteiger partial charge in [0.25, 0.3) is 0 Å². The molecule has 4 N–H and O–H groups in total. The fraction of sp³-hybridized carbons (Fsp3) is 0.333. The highest BCUT2D eigenvalue weighted by Crippen LogP contribution is 2.24. The molecule has 0 bridgehead atoms. The molecule has 18 heavy (non-hydrogen) atoms. The topological polar surface area (TPSA) is 92.4 Å². The summed E-state index contributed by atoms with van der Waals surface area (Å²) in [4.78, 5) is 21.4. The van der Waals surface area contributed by atoms with Gasteiger partial charge in [-0.15, -0.1) is 0 Å². The second kappa shape index (κ2) is 6.39. The highest BCUT2D eigenvalue weighted by atomic mass is 79.9. The zero-order chi connectivity index (χ0) is 13.7. The molecule has 0 aliphatic heterocycles. The molecule has 1 aromatic carbocycles. The Morgan fingerprint density at radius 2 is 2.17 bits per heavy atom. The van der Waals surface area contributed by atoms with E-state index in [-0.39, 0.29) is 12.5 Å². The number of carbonyl (C=O) groups is 2. The summed E-state index contributed by atoms with van der Waals surface area (Å²) in [6.45, 7) is 1.90. The molecule has 0 fully saturated rings. The smallest absolute Gasteiger partial charge is 0.303 e. The molecule has 0 spiro atoms. The molecule has 5 nitrogen and oxygen atoms in total. The van der Waals surface area contributed by atoms with Gasteiger partial charge in [-0.2, -0.15) is 0 Å². The van der Waals surface area contributed by atoms with Gasteiger partial charge in [-0.3, -0.25) is 9.59 Å². The van der Waals surface area contributed by atoms with E-state index in [0.717, 1.165) is 10.2 Å². The number of halogens is 1.